The molecule has 59 heavy (non-hydrogen) atoms. The van der Waals surface area contributed by atoms with E-state index in [-0.39, 0.29) is 0 Å². The van der Waals surface area contributed by atoms with Crippen LogP contribution in [0.25, 0.3) is 111 Å². The number of nitriles is 1. The van der Waals surface area contributed by atoms with Crippen molar-refractivity contribution in [1.29, 1.82) is 5.26 Å². The smallest absolute Gasteiger partial charge is 0.164 e. The molecule has 0 saturated carbocycles. The normalized spacial score (nSPS) is 11.7. The molecule has 7 heteroatoms. The molecule has 12 aromatic rings. The first kappa shape index (κ1) is 32.9. The molecule has 0 aliphatic rings. The topological polar surface area (TPSA) is 85.5 Å². The van der Waals surface area contributed by atoms with E-state index in [1.54, 1.807) is 0 Å². The summed E-state index contributed by atoms with van der Waals surface area (Å²) in [5, 5.41) is 17.4. The largest absolute Gasteiger partial charge is 0.456 e. The summed E-state index contributed by atoms with van der Waals surface area (Å²) in [5.74, 6) is 1.63. The molecule has 0 N–H and O–H groups in total. The summed E-state index contributed by atoms with van der Waals surface area (Å²) in [6.07, 6.45) is 0. The first-order chi connectivity index (χ1) is 29.2. The average molecular weight is 755 g/mol. The van der Waals surface area contributed by atoms with Crippen LogP contribution in [-0.2, 0) is 0 Å². The van der Waals surface area contributed by atoms with Crippen molar-refractivity contribution in [3.05, 3.63) is 188 Å². The average Bonchev–Trinajstić information content (AvgIpc) is 3.95. The molecule has 0 unspecified atom stereocenters. The number of rotatable bonds is 5. The Hall–Kier alpha value is -8.34. The molecule has 0 fully saturated rings. The van der Waals surface area contributed by atoms with Crippen molar-refractivity contribution in [2.75, 3.05) is 0 Å². The fourth-order valence-electron chi connectivity index (χ4n) is 8.80. The Labute approximate surface area is 337 Å². The second-order valence-corrected chi connectivity index (χ2v) is 14.7. The third kappa shape index (κ3) is 5.04. The molecule has 12 rings (SSSR count). The van der Waals surface area contributed by atoms with Crippen LogP contribution in [-0.4, -0.2) is 24.1 Å². The van der Waals surface area contributed by atoms with E-state index in [1.807, 2.05) is 91.0 Å². The van der Waals surface area contributed by atoms with E-state index >= 15 is 0 Å². The molecule has 0 spiro atoms. The molecule has 8 aromatic carbocycles. The van der Waals surface area contributed by atoms with E-state index in [1.165, 1.54) is 5.39 Å². The van der Waals surface area contributed by atoms with Gasteiger partial charge in [-0.3, -0.25) is 0 Å². The first-order valence-corrected chi connectivity index (χ1v) is 19.5. The van der Waals surface area contributed by atoms with Gasteiger partial charge < -0.3 is 13.6 Å². The van der Waals surface area contributed by atoms with Gasteiger partial charge in [-0.05, 0) is 60.7 Å². The third-order valence-electron chi connectivity index (χ3n) is 11.4. The molecular weight excluding hydrogens is 725 g/mol. The number of aromatic nitrogens is 5. The zero-order valence-electron chi connectivity index (χ0n) is 31.4. The van der Waals surface area contributed by atoms with Crippen molar-refractivity contribution in [2.45, 2.75) is 0 Å². The molecule has 0 aliphatic heterocycles. The van der Waals surface area contributed by atoms with Crippen molar-refractivity contribution < 1.29 is 4.42 Å². The van der Waals surface area contributed by atoms with Gasteiger partial charge in [-0.25, -0.2) is 15.0 Å². The van der Waals surface area contributed by atoms with Gasteiger partial charge in [-0.2, -0.15) is 5.26 Å². The van der Waals surface area contributed by atoms with Crippen LogP contribution in [0, 0.1) is 11.3 Å². The summed E-state index contributed by atoms with van der Waals surface area (Å²) in [7, 11) is 0. The van der Waals surface area contributed by atoms with E-state index in [0.717, 1.165) is 88.2 Å². The molecule has 4 heterocycles. The number of nitrogens with zero attached hydrogens (tertiary/aromatic N) is 6. The van der Waals surface area contributed by atoms with Crippen molar-refractivity contribution in [3.63, 3.8) is 0 Å². The van der Waals surface area contributed by atoms with Crippen molar-refractivity contribution >= 4 is 65.6 Å². The van der Waals surface area contributed by atoms with Gasteiger partial charge in [0.25, 0.3) is 0 Å². The van der Waals surface area contributed by atoms with E-state index in [2.05, 4.69) is 106 Å². The zero-order valence-corrected chi connectivity index (χ0v) is 31.4. The fraction of sp³-hybridized carbons (Fsp3) is 0. The Morgan fingerprint density at radius 2 is 1.00 bits per heavy atom. The van der Waals surface area contributed by atoms with Gasteiger partial charge in [0.1, 0.15) is 17.2 Å². The van der Waals surface area contributed by atoms with Gasteiger partial charge in [0.15, 0.2) is 17.5 Å². The second kappa shape index (κ2) is 12.8. The van der Waals surface area contributed by atoms with Crippen LogP contribution in [0.4, 0.5) is 0 Å². The van der Waals surface area contributed by atoms with Gasteiger partial charge in [0.05, 0.1) is 33.3 Å². The van der Waals surface area contributed by atoms with Crippen LogP contribution < -0.4 is 0 Å². The highest BCUT2D eigenvalue weighted by molar-refractivity contribution is 6.29. The van der Waals surface area contributed by atoms with Gasteiger partial charge in [0, 0.05) is 60.8 Å². The number of para-hydroxylation sites is 3. The van der Waals surface area contributed by atoms with Gasteiger partial charge >= 0.3 is 0 Å². The first-order valence-electron chi connectivity index (χ1n) is 19.5. The Morgan fingerprint density at radius 3 is 1.68 bits per heavy atom. The van der Waals surface area contributed by atoms with E-state index in [9.17, 15) is 5.26 Å². The summed E-state index contributed by atoms with van der Waals surface area (Å²) in [5.41, 5.74) is 10.7. The Kier molecular flexibility index (Phi) is 7.16. The summed E-state index contributed by atoms with van der Waals surface area (Å²) in [4.78, 5) is 14.7. The van der Waals surface area contributed by atoms with Crippen molar-refractivity contribution in [3.8, 4) is 51.6 Å². The van der Waals surface area contributed by atoms with Crippen LogP contribution in [0.2, 0.25) is 0 Å². The Morgan fingerprint density at radius 1 is 0.407 bits per heavy atom. The molecule has 7 nitrogen and oxygen atoms in total. The standard InChI is InChI=1S/C52H30N6O/c53-31-35-28-34(52-55-50(32-14-4-1-5-15-32)54-51(56-52)33-16-6-2-7-17-33)24-25-41(35)58-43-23-13-11-21-38(43)48-44(58)26-27-46-49(48)40-29-39-37-20-10-12-22-42(37)57(36-18-8-3-9-19-36)45(39)30-47(40)59-46/h1-30H. The van der Waals surface area contributed by atoms with E-state index < -0.39 is 0 Å². The molecule has 0 amide bonds. The lowest BCUT2D eigenvalue weighted by atomic mass is 10.0. The third-order valence-corrected chi connectivity index (χ3v) is 11.4. The van der Waals surface area contributed by atoms with Crippen LogP contribution in [0.15, 0.2) is 186 Å². The maximum Gasteiger partial charge on any atom is 0.164 e. The van der Waals surface area contributed by atoms with Crippen molar-refractivity contribution in [1.82, 2.24) is 24.1 Å². The molecule has 274 valence electrons. The predicted octanol–water partition coefficient (Wildman–Crippen LogP) is 12.8. The van der Waals surface area contributed by atoms with Crippen LogP contribution >= 0.6 is 0 Å². The molecule has 0 atom stereocenters. The van der Waals surface area contributed by atoms with Crippen LogP contribution in [0.5, 0.6) is 0 Å². The Balaban J connectivity index is 1.08. The van der Waals surface area contributed by atoms with Gasteiger partial charge in [-0.15, -0.1) is 0 Å². The minimum atomic E-state index is 0.495. The highest BCUT2D eigenvalue weighted by Gasteiger charge is 2.23. The minimum absolute atomic E-state index is 0.495. The molecule has 0 bridgehead atoms. The highest BCUT2D eigenvalue weighted by Crippen LogP contribution is 2.44. The second-order valence-electron chi connectivity index (χ2n) is 14.7. The van der Waals surface area contributed by atoms with Crippen LogP contribution in [0.1, 0.15) is 5.56 Å². The summed E-state index contributed by atoms with van der Waals surface area (Å²) in [6.45, 7) is 0. The van der Waals surface area contributed by atoms with E-state index in [0.29, 0.717) is 23.0 Å². The molecule has 0 saturated heterocycles. The zero-order chi connectivity index (χ0) is 39.0. The number of benzene rings is 8. The lowest BCUT2D eigenvalue weighted by molar-refractivity contribution is 0.669. The predicted molar refractivity (Wildman–Crippen MR) is 237 cm³/mol. The molecule has 0 aliphatic carbocycles. The SMILES string of the molecule is N#Cc1cc(-c2nc(-c3ccccc3)nc(-c3ccccc3)n2)ccc1-n1c2ccccc2c2c3c(ccc21)oc1cc2c(cc13)c1ccccc1n2-c1ccccc1. The van der Waals surface area contributed by atoms with Gasteiger partial charge in [-0.1, -0.05) is 115 Å². The number of hydrogen-bond acceptors (Lipinski definition) is 5. The van der Waals surface area contributed by atoms with E-state index in [4.69, 9.17) is 19.4 Å². The minimum Gasteiger partial charge on any atom is -0.456 e. The fourth-order valence-corrected chi connectivity index (χ4v) is 8.80. The van der Waals surface area contributed by atoms with Gasteiger partial charge in [0.2, 0.25) is 0 Å². The monoisotopic (exact) mass is 754 g/mol. The lowest BCUT2D eigenvalue weighted by Crippen LogP contribution is -2.02. The lowest BCUT2D eigenvalue weighted by Gasteiger charge is -2.12. The van der Waals surface area contributed by atoms with Crippen molar-refractivity contribution in [2.24, 2.45) is 0 Å². The highest BCUT2D eigenvalue weighted by atomic mass is 16.3. The maximum absolute atomic E-state index is 10.8. The Bertz CT molecular complexity index is 3610. The van der Waals surface area contributed by atoms with Crippen LogP contribution in [0.3, 0.4) is 0 Å². The maximum atomic E-state index is 10.8. The molecular formula is C52H30N6O. The number of furan rings is 1. The number of hydrogen-bond donors (Lipinski definition) is 0. The molecule has 4 aromatic heterocycles. The quantitative estimate of drug-likeness (QED) is 0.175. The summed E-state index contributed by atoms with van der Waals surface area (Å²) < 4.78 is 11.2. The summed E-state index contributed by atoms with van der Waals surface area (Å²) in [6, 6.07) is 64.3. The number of fused-ring (bicyclic) bond motifs is 10. The summed E-state index contributed by atoms with van der Waals surface area (Å²) >= 11 is 0. The molecule has 0 radical (unpaired) electrons.